The zero-order valence-electron chi connectivity index (χ0n) is 15.6. The van der Waals surface area contributed by atoms with Gasteiger partial charge in [0.2, 0.25) is 5.91 Å². The first-order valence-corrected chi connectivity index (χ1v) is 9.63. The summed E-state index contributed by atoms with van der Waals surface area (Å²) in [7, 11) is 0. The molecule has 2 N–H and O–H groups in total. The van der Waals surface area contributed by atoms with Crippen LogP contribution in [0.1, 0.15) is 48.2 Å². The van der Waals surface area contributed by atoms with Crippen molar-refractivity contribution in [2.24, 2.45) is 5.92 Å². The van der Waals surface area contributed by atoms with E-state index in [1.165, 1.54) is 12.8 Å². The summed E-state index contributed by atoms with van der Waals surface area (Å²) >= 11 is 0. The van der Waals surface area contributed by atoms with Gasteiger partial charge in [-0.05, 0) is 43.0 Å². The highest BCUT2D eigenvalue weighted by molar-refractivity contribution is 5.95. The Morgan fingerprint density at radius 3 is 2.68 bits per heavy atom. The third-order valence-corrected chi connectivity index (χ3v) is 5.14. The topological polar surface area (TPSA) is 88.4 Å². The lowest BCUT2D eigenvalue weighted by atomic mass is 10.0. The molecule has 1 aliphatic carbocycles. The number of carbonyl (C=O) groups is 2. The number of imidazole rings is 1. The second-order valence-corrected chi connectivity index (χ2v) is 7.23. The summed E-state index contributed by atoms with van der Waals surface area (Å²) in [6, 6.07) is 6.95. The lowest BCUT2D eigenvalue weighted by molar-refractivity contribution is -0.117. The van der Waals surface area contributed by atoms with Gasteiger partial charge in [-0.15, -0.1) is 0 Å². The lowest BCUT2D eigenvalue weighted by Crippen LogP contribution is -2.23. The van der Waals surface area contributed by atoms with Gasteiger partial charge in [0.25, 0.3) is 5.91 Å². The maximum absolute atomic E-state index is 12.3. The number of hydrogen-bond donors (Lipinski definition) is 2. The molecule has 0 atom stereocenters. The summed E-state index contributed by atoms with van der Waals surface area (Å²) in [5.74, 6) is 0.377. The molecule has 28 heavy (non-hydrogen) atoms. The molecule has 144 valence electrons. The molecular formula is C21H23N5O2. The van der Waals surface area contributed by atoms with E-state index in [1.807, 2.05) is 16.8 Å². The number of benzene rings is 1. The Balaban J connectivity index is 1.29. The number of aromatic nitrogens is 3. The molecule has 0 bridgehead atoms. The average molecular weight is 377 g/mol. The molecule has 7 heteroatoms. The van der Waals surface area contributed by atoms with Crippen LogP contribution in [0.3, 0.4) is 0 Å². The molecule has 4 rings (SSSR count). The van der Waals surface area contributed by atoms with Crippen LogP contribution in [0.4, 0.5) is 5.69 Å². The number of rotatable bonds is 6. The van der Waals surface area contributed by atoms with Gasteiger partial charge >= 0.3 is 0 Å². The van der Waals surface area contributed by atoms with Crippen LogP contribution < -0.4 is 10.6 Å². The number of carbonyl (C=O) groups excluding carboxylic acids is 2. The van der Waals surface area contributed by atoms with Crippen LogP contribution in [0, 0.1) is 5.92 Å². The lowest BCUT2D eigenvalue weighted by Gasteiger charge is -2.10. The zero-order chi connectivity index (χ0) is 19.3. The third kappa shape index (κ3) is 4.36. The Bertz CT molecular complexity index is 974. The fraction of sp³-hybridized carbons (Fsp3) is 0.333. The first-order valence-electron chi connectivity index (χ1n) is 9.63. The predicted octanol–water partition coefficient (Wildman–Crippen LogP) is 3.18. The minimum atomic E-state index is -0.184. The van der Waals surface area contributed by atoms with Crippen LogP contribution in [-0.4, -0.2) is 26.2 Å². The van der Waals surface area contributed by atoms with Gasteiger partial charge in [0.15, 0.2) is 5.65 Å². The van der Waals surface area contributed by atoms with Crippen LogP contribution >= 0.6 is 0 Å². The van der Waals surface area contributed by atoms with E-state index in [0.29, 0.717) is 30.1 Å². The van der Waals surface area contributed by atoms with Crippen molar-refractivity contribution in [3.8, 4) is 0 Å². The van der Waals surface area contributed by atoms with E-state index < -0.39 is 0 Å². The second kappa shape index (κ2) is 8.21. The maximum atomic E-state index is 12.3. The summed E-state index contributed by atoms with van der Waals surface area (Å²) in [6.07, 6.45) is 12.4. The number of nitrogens with zero attached hydrogens (tertiary/aromatic N) is 3. The number of amides is 2. The van der Waals surface area contributed by atoms with Gasteiger partial charge in [0, 0.05) is 36.3 Å². The average Bonchev–Trinajstić information content (AvgIpc) is 3.38. The molecule has 2 amide bonds. The summed E-state index contributed by atoms with van der Waals surface area (Å²) in [4.78, 5) is 32.9. The zero-order valence-corrected chi connectivity index (χ0v) is 15.6. The SMILES string of the molecule is O=C(CC1CCCC1)Nc1ccc(C(=O)NCc2cn3ccnc3cn2)cc1. The van der Waals surface area contributed by atoms with E-state index in [2.05, 4.69) is 20.6 Å². The fourth-order valence-corrected chi connectivity index (χ4v) is 3.63. The first kappa shape index (κ1) is 18.2. The maximum Gasteiger partial charge on any atom is 0.251 e. The van der Waals surface area contributed by atoms with E-state index in [1.54, 1.807) is 36.7 Å². The molecule has 1 saturated carbocycles. The van der Waals surface area contributed by atoms with Crippen LogP contribution in [0.15, 0.2) is 49.1 Å². The van der Waals surface area contributed by atoms with Crippen molar-refractivity contribution in [1.29, 1.82) is 0 Å². The Hall–Kier alpha value is -3.22. The minimum absolute atomic E-state index is 0.0464. The molecule has 2 heterocycles. The van der Waals surface area contributed by atoms with Crippen molar-refractivity contribution in [3.63, 3.8) is 0 Å². The number of nitrogens with one attached hydrogen (secondary N) is 2. The number of anilines is 1. The molecule has 2 aromatic heterocycles. The highest BCUT2D eigenvalue weighted by Gasteiger charge is 2.18. The van der Waals surface area contributed by atoms with Crippen molar-refractivity contribution >= 4 is 23.1 Å². The predicted molar refractivity (Wildman–Crippen MR) is 106 cm³/mol. The van der Waals surface area contributed by atoms with E-state index in [9.17, 15) is 9.59 Å². The number of hydrogen-bond acceptors (Lipinski definition) is 4. The third-order valence-electron chi connectivity index (χ3n) is 5.14. The van der Waals surface area contributed by atoms with E-state index in [0.717, 1.165) is 24.2 Å². The van der Waals surface area contributed by atoms with E-state index in [4.69, 9.17) is 0 Å². The van der Waals surface area contributed by atoms with E-state index in [-0.39, 0.29) is 11.8 Å². The normalized spacial score (nSPS) is 14.3. The standard InChI is InChI=1S/C21H23N5O2/c27-20(11-15-3-1-2-4-15)25-17-7-5-16(6-8-17)21(28)24-12-18-14-26-10-9-22-19(26)13-23-18/h5-10,13-15H,1-4,11-12H2,(H,24,28)(H,25,27). The van der Waals surface area contributed by atoms with Crippen LogP contribution in [-0.2, 0) is 11.3 Å². The Labute approximate surface area is 163 Å². The van der Waals surface area contributed by atoms with Crippen LogP contribution in [0.5, 0.6) is 0 Å². The molecule has 1 aromatic carbocycles. The summed E-state index contributed by atoms with van der Waals surface area (Å²) in [5, 5.41) is 5.78. The Morgan fingerprint density at radius 2 is 1.89 bits per heavy atom. The molecule has 0 aliphatic heterocycles. The summed E-state index contributed by atoms with van der Waals surface area (Å²) in [5.41, 5.74) is 2.76. The van der Waals surface area contributed by atoms with Crippen molar-refractivity contribution in [3.05, 3.63) is 60.3 Å². The second-order valence-electron chi connectivity index (χ2n) is 7.23. The first-order chi connectivity index (χ1) is 13.7. The van der Waals surface area contributed by atoms with Gasteiger partial charge in [-0.3, -0.25) is 14.6 Å². The highest BCUT2D eigenvalue weighted by atomic mass is 16.2. The molecule has 0 unspecified atom stereocenters. The van der Waals surface area contributed by atoms with Gasteiger partial charge < -0.3 is 15.0 Å². The molecular weight excluding hydrogens is 354 g/mol. The van der Waals surface area contributed by atoms with Crippen molar-refractivity contribution in [1.82, 2.24) is 19.7 Å². The van der Waals surface area contributed by atoms with Gasteiger partial charge in [-0.1, -0.05) is 12.8 Å². The van der Waals surface area contributed by atoms with Gasteiger partial charge in [-0.2, -0.15) is 0 Å². The van der Waals surface area contributed by atoms with E-state index >= 15 is 0 Å². The molecule has 1 fully saturated rings. The van der Waals surface area contributed by atoms with Gasteiger partial charge in [-0.25, -0.2) is 4.98 Å². The minimum Gasteiger partial charge on any atom is -0.346 e. The molecule has 0 saturated heterocycles. The highest BCUT2D eigenvalue weighted by Crippen LogP contribution is 2.27. The Kier molecular flexibility index (Phi) is 5.32. The van der Waals surface area contributed by atoms with Crippen LogP contribution in [0.25, 0.3) is 5.65 Å². The van der Waals surface area contributed by atoms with Gasteiger partial charge in [0.05, 0.1) is 18.4 Å². The van der Waals surface area contributed by atoms with Crippen molar-refractivity contribution < 1.29 is 9.59 Å². The monoisotopic (exact) mass is 377 g/mol. The molecule has 3 aromatic rings. The largest absolute Gasteiger partial charge is 0.346 e. The number of fused-ring (bicyclic) bond motifs is 1. The smallest absolute Gasteiger partial charge is 0.251 e. The van der Waals surface area contributed by atoms with Gasteiger partial charge in [0.1, 0.15) is 0 Å². The molecule has 0 radical (unpaired) electrons. The van der Waals surface area contributed by atoms with Crippen LogP contribution in [0.2, 0.25) is 0 Å². The quantitative estimate of drug-likeness (QED) is 0.691. The van der Waals surface area contributed by atoms with Crippen molar-refractivity contribution in [2.75, 3.05) is 5.32 Å². The summed E-state index contributed by atoms with van der Waals surface area (Å²) in [6.45, 7) is 0.326. The molecule has 7 nitrogen and oxygen atoms in total. The molecule has 0 spiro atoms. The van der Waals surface area contributed by atoms with Crippen molar-refractivity contribution in [2.45, 2.75) is 38.6 Å². The Morgan fingerprint density at radius 1 is 1.11 bits per heavy atom. The molecule has 1 aliphatic rings. The fourth-order valence-electron chi connectivity index (χ4n) is 3.63. The summed E-state index contributed by atoms with van der Waals surface area (Å²) < 4.78 is 1.86.